The molecule has 0 saturated carbocycles. The number of rotatable bonds is 5. The van der Waals surface area contributed by atoms with Gasteiger partial charge in [0.05, 0.1) is 8.07 Å². The first-order chi connectivity index (χ1) is 9.18. The molecule has 1 atom stereocenters. The second-order valence-corrected chi connectivity index (χ2v) is 14.9. The molecule has 1 aromatic rings. The first kappa shape index (κ1) is 26.9. The molecule has 3 N–H and O–H groups in total. The average Bonchev–Trinajstić information content (AvgIpc) is 2.25. The van der Waals surface area contributed by atoms with Crippen molar-refractivity contribution < 1.29 is 92.9 Å². The molecule has 1 rings (SSSR count). The Kier molecular flexibility index (Phi) is 10.6. The monoisotopic (exact) mass is 398 g/mol. The van der Waals surface area contributed by atoms with Crippen LogP contribution >= 0.6 is 15.2 Å². The van der Waals surface area contributed by atoms with Gasteiger partial charge >= 0.3 is 66.7 Å². The summed E-state index contributed by atoms with van der Waals surface area (Å²) in [7, 11) is -13.2. The minimum atomic E-state index is -5.93. The van der Waals surface area contributed by atoms with Gasteiger partial charge in [-0.25, -0.2) is 0 Å². The molecule has 0 fully saturated rings. The van der Waals surface area contributed by atoms with Crippen LogP contribution in [0.15, 0.2) is 24.3 Å². The van der Waals surface area contributed by atoms with E-state index < -0.39 is 34.8 Å². The van der Waals surface area contributed by atoms with E-state index in [2.05, 4.69) is 0 Å². The molecule has 0 aromatic heterocycles. The Labute approximate surface area is 180 Å². The quantitative estimate of drug-likeness (QED) is 0.331. The van der Waals surface area contributed by atoms with Crippen LogP contribution in [0.5, 0.6) is 0 Å². The van der Waals surface area contributed by atoms with Crippen LogP contribution in [-0.2, 0) is 15.6 Å². The number of aliphatic hydroxyl groups is 1. The first-order valence-electron chi connectivity index (χ1n) is 6.08. The third kappa shape index (κ3) is 6.74. The molecule has 7 nitrogen and oxygen atoms in total. The third-order valence-corrected chi connectivity index (χ3v) is 8.83. The van der Waals surface area contributed by atoms with Gasteiger partial charge in [0.2, 0.25) is 0 Å². The zero-order valence-corrected chi connectivity index (χ0v) is 20.7. The van der Waals surface area contributed by atoms with Crippen LogP contribution in [0, 0.1) is 0 Å². The van der Waals surface area contributed by atoms with Gasteiger partial charge in [0, 0.05) is 6.42 Å². The van der Waals surface area contributed by atoms with Crippen LogP contribution in [0.4, 0.5) is 0 Å². The molecule has 0 aliphatic carbocycles. The predicted octanol–water partition coefficient (Wildman–Crippen LogP) is -6.48. The van der Waals surface area contributed by atoms with Crippen molar-refractivity contribution in [3.05, 3.63) is 29.8 Å². The third-order valence-electron chi connectivity index (χ3n) is 3.14. The Morgan fingerprint density at radius 2 is 1.61 bits per heavy atom. The second-order valence-electron chi connectivity index (χ2n) is 5.94. The van der Waals surface area contributed by atoms with Crippen molar-refractivity contribution in [2.24, 2.45) is 0 Å². The van der Waals surface area contributed by atoms with Gasteiger partial charge in [-0.1, -0.05) is 49.1 Å². The molecular weight excluding hydrogens is 380 g/mol. The van der Waals surface area contributed by atoms with Gasteiger partial charge in [-0.2, -0.15) is 0 Å². The van der Waals surface area contributed by atoms with Crippen molar-refractivity contribution in [2.45, 2.75) is 31.1 Å². The van der Waals surface area contributed by atoms with Gasteiger partial charge < -0.3 is 29.2 Å². The van der Waals surface area contributed by atoms with Crippen molar-refractivity contribution in [3.8, 4) is 0 Å². The van der Waals surface area contributed by atoms with Gasteiger partial charge in [0.15, 0.2) is 5.08 Å². The Morgan fingerprint density at radius 3 is 1.96 bits per heavy atom. The average molecular weight is 398 g/mol. The zero-order chi connectivity index (χ0) is 16.7. The molecule has 0 spiro atoms. The Bertz CT molecular complexity index is 601. The molecule has 0 bridgehead atoms. The molecule has 0 radical (unpaired) electrons. The molecule has 1 aromatic carbocycles. The number of hydrogen-bond acceptors (Lipinski definition) is 5. The smallest absolute Gasteiger partial charge is 0.808 e. The van der Waals surface area contributed by atoms with Crippen LogP contribution in [0.1, 0.15) is 5.56 Å². The van der Waals surface area contributed by atoms with Crippen LogP contribution < -0.4 is 74.1 Å². The summed E-state index contributed by atoms with van der Waals surface area (Å²) in [5, 5.41) is 7.08. The first-order valence-corrected chi connectivity index (χ1v) is 12.7. The maximum Gasteiger partial charge on any atom is 1.00 e. The molecular formula is C11H18Na2O7P2Si. The van der Waals surface area contributed by atoms with Gasteiger partial charge in [-0.05, 0) is 13.2 Å². The van der Waals surface area contributed by atoms with Gasteiger partial charge in [0.25, 0.3) is 0 Å². The summed E-state index contributed by atoms with van der Waals surface area (Å²) in [5.41, 5.74) is 0.188. The Hall–Kier alpha value is 1.70. The fourth-order valence-electron chi connectivity index (χ4n) is 1.78. The topological polar surface area (TPSA) is 141 Å². The standard InChI is InChI=1S/C11H20O7P2Si.2Na/c1-21(2,3)10-6-4-5-9(7-10)8-11(12,19(13,14)15)20(16,17)18;;/h4-7,12H,8H2,1-3H3,(H2,13,14,15)(H2,16,17,18);;/q;2*+1/p-2. The molecule has 0 amide bonds. The maximum absolute atomic E-state index is 11.3. The van der Waals surface area contributed by atoms with E-state index in [0.717, 1.165) is 5.19 Å². The number of hydrogen-bond donors (Lipinski definition) is 3. The van der Waals surface area contributed by atoms with E-state index in [1.54, 1.807) is 12.1 Å². The summed E-state index contributed by atoms with van der Waals surface area (Å²) < 4.78 is 22.4. The molecule has 0 heterocycles. The summed E-state index contributed by atoms with van der Waals surface area (Å²) in [4.78, 5) is 40.4. The van der Waals surface area contributed by atoms with Gasteiger partial charge in [-0.15, -0.1) is 0 Å². The molecule has 12 heteroatoms. The SMILES string of the molecule is C[Si](C)(C)c1cccc(CC(O)(P(=O)([O-])[O-])P(=O)(O)O)c1.[Na+].[Na+]. The van der Waals surface area contributed by atoms with Crippen LogP contribution in [-0.4, -0.2) is 28.1 Å². The fourth-order valence-corrected chi connectivity index (χ4v) is 5.04. The molecule has 0 aliphatic heterocycles. The summed E-state index contributed by atoms with van der Waals surface area (Å²) in [6.45, 7) is 6.11. The van der Waals surface area contributed by atoms with Gasteiger partial charge in [0.1, 0.15) is 0 Å². The summed E-state index contributed by atoms with van der Waals surface area (Å²) >= 11 is 0. The Balaban J connectivity index is 0. The molecule has 0 aliphatic rings. The van der Waals surface area contributed by atoms with E-state index in [-0.39, 0.29) is 64.7 Å². The van der Waals surface area contributed by atoms with E-state index in [4.69, 9.17) is 9.79 Å². The molecule has 1 unspecified atom stereocenters. The second kappa shape index (κ2) is 9.06. The minimum absolute atomic E-state index is 0. The number of benzene rings is 1. The largest absolute Gasteiger partial charge is 1.00 e. The van der Waals surface area contributed by atoms with E-state index in [1.807, 2.05) is 25.7 Å². The van der Waals surface area contributed by atoms with Crippen molar-refractivity contribution in [1.29, 1.82) is 0 Å². The molecule has 23 heavy (non-hydrogen) atoms. The van der Waals surface area contributed by atoms with E-state index in [1.165, 1.54) is 6.07 Å². The van der Waals surface area contributed by atoms with Crippen LogP contribution in [0.2, 0.25) is 19.6 Å². The van der Waals surface area contributed by atoms with E-state index >= 15 is 0 Å². The van der Waals surface area contributed by atoms with E-state index in [9.17, 15) is 24.0 Å². The molecule has 0 saturated heterocycles. The summed E-state index contributed by atoms with van der Waals surface area (Å²) in [5.74, 6) is 0. The van der Waals surface area contributed by atoms with Crippen LogP contribution in [0.25, 0.3) is 0 Å². The molecule has 120 valence electrons. The minimum Gasteiger partial charge on any atom is -0.808 e. The normalized spacial score (nSPS) is 15.1. The predicted molar refractivity (Wildman–Crippen MR) is 77.7 cm³/mol. The van der Waals surface area contributed by atoms with Crippen molar-refractivity contribution in [1.82, 2.24) is 0 Å². The Morgan fingerprint density at radius 1 is 1.13 bits per heavy atom. The fraction of sp³-hybridized carbons (Fsp3) is 0.455. The van der Waals surface area contributed by atoms with Crippen molar-refractivity contribution in [3.63, 3.8) is 0 Å². The van der Waals surface area contributed by atoms with Crippen molar-refractivity contribution in [2.75, 3.05) is 0 Å². The van der Waals surface area contributed by atoms with Gasteiger partial charge in [-0.3, -0.25) is 4.57 Å². The van der Waals surface area contributed by atoms with Crippen molar-refractivity contribution >= 4 is 28.5 Å². The van der Waals surface area contributed by atoms with E-state index in [0.29, 0.717) is 0 Å². The van der Waals surface area contributed by atoms with Crippen LogP contribution in [0.3, 0.4) is 0 Å². The zero-order valence-electron chi connectivity index (χ0n) is 13.9. The summed E-state index contributed by atoms with van der Waals surface area (Å²) in [6.07, 6.45) is -0.945. The maximum atomic E-state index is 11.3. The summed E-state index contributed by atoms with van der Waals surface area (Å²) in [6, 6.07) is 6.41.